The number of nitrogens with zero attached hydrogens (tertiary/aromatic N) is 1. The van der Waals surface area contributed by atoms with Gasteiger partial charge in [0.05, 0.1) is 5.70 Å². The van der Waals surface area contributed by atoms with Gasteiger partial charge in [0.15, 0.2) is 5.71 Å². The van der Waals surface area contributed by atoms with Crippen LogP contribution < -0.4 is 0 Å². The number of carbonyl (C=O) groups is 1. The van der Waals surface area contributed by atoms with Crippen molar-refractivity contribution in [1.29, 1.82) is 0 Å². The Kier molecular flexibility index (Phi) is 5.98. The van der Waals surface area contributed by atoms with E-state index in [-0.39, 0.29) is 12.6 Å². The van der Waals surface area contributed by atoms with E-state index in [0.29, 0.717) is 5.71 Å². The molecule has 4 heteroatoms. The van der Waals surface area contributed by atoms with E-state index in [1.165, 1.54) is 16.8 Å². The molecule has 0 bridgehead atoms. The summed E-state index contributed by atoms with van der Waals surface area (Å²) < 4.78 is 5.50. The SMILES string of the molecule is CCC1=C(C)C(C(=O)OCc2ccccc2)=N/C1=C\c1[nH]c(C)c(CC)c1C. The maximum atomic E-state index is 12.6. The summed E-state index contributed by atoms with van der Waals surface area (Å²) >= 11 is 0. The molecule has 2 heterocycles. The van der Waals surface area contributed by atoms with Gasteiger partial charge in [0.1, 0.15) is 6.61 Å². The summed E-state index contributed by atoms with van der Waals surface area (Å²) in [5, 5.41) is 0. The average molecular weight is 377 g/mol. The molecule has 0 atom stereocenters. The lowest BCUT2D eigenvalue weighted by molar-refractivity contribution is -0.136. The molecule has 146 valence electrons. The van der Waals surface area contributed by atoms with Crippen molar-refractivity contribution >= 4 is 17.8 Å². The lowest BCUT2D eigenvalue weighted by Gasteiger charge is -2.05. The second-order valence-corrected chi connectivity index (χ2v) is 7.13. The molecule has 0 radical (unpaired) electrons. The number of benzene rings is 1. The van der Waals surface area contributed by atoms with Gasteiger partial charge >= 0.3 is 5.97 Å². The Balaban J connectivity index is 1.87. The zero-order valence-corrected chi connectivity index (χ0v) is 17.3. The molecule has 28 heavy (non-hydrogen) atoms. The Hall–Kier alpha value is -2.88. The van der Waals surface area contributed by atoms with Gasteiger partial charge in [-0.2, -0.15) is 0 Å². The summed E-state index contributed by atoms with van der Waals surface area (Å²) in [6.07, 6.45) is 3.87. The largest absolute Gasteiger partial charge is 0.456 e. The standard InChI is InChI=1S/C24H28N2O2/c1-6-19-15(3)21(25-17(19)5)13-22-20(7-2)16(4)23(26-22)24(27)28-14-18-11-9-8-10-12-18/h8-13,25H,6-7,14H2,1-5H3/b22-13-. The van der Waals surface area contributed by atoms with E-state index in [2.05, 4.69) is 43.7 Å². The van der Waals surface area contributed by atoms with Gasteiger partial charge in [0.25, 0.3) is 0 Å². The number of aromatic nitrogens is 1. The molecule has 1 aliphatic heterocycles. The quantitative estimate of drug-likeness (QED) is 0.681. The van der Waals surface area contributed by atoms with Crippen molar-refractivity contribution in [1.82, 2.24) is 4.98 Å². The second kappa shape index (κ2) is 8.42. The Morgan fingerprint density at radius 1 is 1.11 bits per heavy atom. The maximum Gasteiger partial charge on any atom is 0.357 e. The van der Waals surface area contributed by atoms with E-state index >= 15 is 0 Å². The molecule has 0 spiro atoms. The van der Waals surface area contributed by atoms with Crippen molar-refractivity contribution in [3.8, 4) is 0 Å². The average Bonchev–Trinajstić information content (AvgIpc) is 3.15. The molecule has 0 aliphatic carbocycles. The number of allylic oxidation sites excluding steroid dienone is 1. The fourth-order valence-electron chi connectivity index (χ4n) is 3.79. The maximum absolute atomic E-state index is 12.6. The minimum Gasteiger partial charge on any atom is -0.456 e. The van der Waals surface area contributed by atoms with E-state index in [9.17, 15) is 4.79 Å². The van der Waals surface area contributed by atoms with Crippen molar-refractivity contribution in [3.63, 3.8) is 0 Å². The molecule has 3 rings (SSSR count). The van der Waals surface area contributed by atoms with Crippen LogP contribution >= 0.6 is 0 Å². The molecule has 0 fully saturated rings. The normalized spacial score (nSPS) is 15.3. The molecule has 2 aromatic rings. The van der Waals surface area contributed by atoms with Crippen LogP contribution in [0, 0.1) is 13.8 Å². The van der Waals surface area contributed by atoms with Crippen LogP contribution in [0.15, 0.2) is 52.2 Å². The first-order chi connectivity index (χ1) is 13.5. The van der Waals surface area contributed by atoms with E-state index in [1.807, 2.05) is 37.3 Å². The fourth-order valence-corrected chi connectivity index (χ4v) is 3.79. The third-order valence-electron chi connectivity index (χ3n) is 5.38. The van der Waals surface area contributed by atoms with Crippen molar-refractivity contribution in [2.24, 2.45) is 4.99 Å². The molecule has 0 saturated heterocycles. The number of nitrogens with one attached hydrogen (secondary N) is 1. The zero-order chi connectivity index (χ0) is 20.3. The molecule has 1 aliphatic rings. The van der Waals surface area contributed by atoms with E-state index < -0.39 is 0 Å². The van der Waals surface area contributed by atoms with Gasteiger partial charge in [-0.3, -0.25) is 0 Å². The Morgan fingerprint density at radius 2 is 1.82 bits per heavy atom. The smallest absolute Gasteiger partial charge is 0.357 e. The first kappa shape index (κ1) is 19.9. The fraction of sp³-hybridized carbons (Fsp3) is 0.333. The molecule has 1 N–H and O–H groups in total. The number of H-pyrrole nitrogens is 1. The van der Waals surface area contributed by atoms with Crippen LogP contribution in [-0.4, -0.2) is 16.7 Å². The number of rotatable bonds is 6. The number of hydrogen-bond acceptors (Lipinski definition) is 3. The highest BCUT2D eigenvalue weighted by molar-refractivity contribution is 6.44. The number of aliphatic imine (C=N–C) groups is 1. The monoisotopic (exact) mass is 376 g/mol. The summed E-state index contributed by atoms with van der Waals surface area (Å²) in [6, 6.07) is 9.69. The summed E-state index contributed by atoms with van der Waals surface area (Å²) in [5.41, 5.74) is 9.06. The first-order valence-electron chi connectivity index (χ1n) is 9.86. The molecule has 0 unspecified atom stereocenters. The molecular formula is C24H28N2O2. The first-order valence-corrected chi connectivity index (χ1v) is 9.86. The van der Waals surface area contributed by atoms with Gasteiger partial charge < -0.3 is 9.72 Å². The van der Waals surface area contributed by atoms with Crippen molar-refractivity contribution in [2.45, 2.75) is 54.1 Å². The highest BCUT2D eigenvalue weighted by Crippen LogP contribution is 2.31. The molecule has 4 nitrogen and oxygen atoms in total. The summed E-state index contributed by atoms with van der Waals surface area (Å²) in [4.78, 5) is 20.7. The lowest BCUT2D eigenvalue weighted by atomic mass is 10.0. The number of aryl methyl sites for hydroxylation is 1. The third-order valence-corrected chi connectivity index (χ3v) is 5.38. The lowest BCUT2D eigenvalue weighted by Crippen LogP contribution is -2.17. The Morgan fingerprint density at radius 3 is 2.43 bits per heavy atom. The number of hydrogen-bond donors (Lipinski definition) is 1. The number of carbonyl (C=O) groups excluding carboxylic acids is 1. The second-order valence-electron chi connectivity index (χ2n) is 7.13. The van der Waals surface area contributed by atoms with E-state index in [0.717, 1.165) is 40.9 Å². The van der Waals surface area contributed by atoms with Crippen molar-refractivity contribution in [3.05, 3.63) is 75.3 Å². The van der Waals surface area contributed by atoms with Crippen LogP contribution in [0.1, 0.15) is 55.3 Å². The van der Waals surface area contributed by atoms with E-state index in [4.69, 9.17) is 4.74 Å². The third kappa shape index (κ3) is 3.86. The van der Waals surface area contributed by atoms with Gasteiger partial charge in [0.2, 0.25) is 0 Å². The molecule has 0 saturated carbocycles. The van der Waals surface area contributed by atoms with Crippen LogP contribution in [0.5, 0.6) is 0 Å². The topological polar surface area (TPSA) is 54.4 Å². The van der Waals surface area contributed by atoms with Gasteiger partial charge in [-0.15, -0.1) is 0 Å². The van der Waals surface area contributed by atoms with Crippen LogP contribution in [-0.2, 0) is 22.6 Å². The van der Waals surface area contributed by atoms with E-state index in [1.54, 1.807) is 0 Å². The van der Waals surface area contributed by atoms with Gasteiger partial charge in [0, 0.05) is 11.4 Å². The predicted octanol–water partition coefficient (Wildman–Crippen LogP) is 5.46. The molecule has 0 amide bonds. The Labute approximate surface area is 167 Å². The van der Waals surface area contributed by atoms with Crippen LogP contribution in [0.25, 0.3) is 6.08 Å². The summed E-state index contributed by atoms with van der Waals surface area (Å²) in [7, 11) is 0. The zero-order valence-electron chi connectivity index (χ0n) is 17.3. The molecule has 1 aromatic heterocycles. The number of aromatic amines is 1. The van der Waals surface area contributed by atoms with Crippen LogP contribution in [0.3, 0.4) is 0 Å². The molecule has 1 aromatic carbocycles. The van der Waals surface area contributed by atoms with Crippen LogP contribution in [0.2, 0.25) is 0 Å². The van der Waals surface area contributed by atoms with Crippen LogP contribution in [0.4, 0.5) is 0 Å². The molecular weight excluding hydrogens is 348 g/mol. The van der Waals surface area contributed by atoms with Gasteiger partial charge in [-0.1, -0.05) is 44.2 Å². The highest BCUT2D eigenvalue weighted by atomic mass is 16.5. The minimum atomic E-state index is -0.371. The van der Waals surface area contributed by atoms with Crippen molar-refractivity contribution in [2.75, 3.05) is 0 Å². The highest BCUT2D eigenvalue weighted by Gasteiger charge is 2.26. The summed E-state index contributed by atoms with van der Waals surface area (Å²) in [6.45, 7) is 10.7. The summed E-state index contributed by atoms with van der Waals surface area (Å²) in [5.74, 6) is -0.371. The van der Waals surface area contributed by atoms with Gasteiger partial charge in [-0.25, -0.2) is 9.79 Å². The minimum absolute atomic E-state index is 0.251. The number of esters is 1. The predicted molar refractivity (Wildman–Crippen MR) is 114 cm³/mol. The number of ether oxygens (including phenoxy) is 1. The Bertz CT molecular complexity index is 976. The van der Waals surface area contributed by atoms with Gasteiger partial charge in [-0.05, 0) is 67.5 Å². The van der Waals surface area contributed by atoms with Crippen molar-refractivity contribution < 1.29 is 9.53 Å².